The Kier molecular flexibility index (Phi) is 4.35. The number of aromatic nitrogens is 1. The monoisotopic (exact) mass is 207 g/mol. The van der Waals surface area contributed by atoms with Gasteiger partial charge >= 0.3 is 51.4 Å². The summed E-state index contributed by atoms with van der Waals surface area (Å²) in [5.41, 5.74) is 2.99. The van der Waals surface area contributed by atoms with Crippen LogP contribution >= 0.6 is 0 Å². The van der Waals surface area contributed by atoms with Crippen molar-refractivity contribution in [1.29, 1.82) is 0 Å². The molecule has 1 heterocycles. The van der Waals surface area contributed by atoms with Crippen molar-refractivity contribution in [3.8, 4) is 0 Å². The first-order chi connectivity index (χ1) is 6.36. The number of hydrogen-bond acceptors (Lipinski definition) is 0. The molecule has 0 atom stereocenters. The minimum Gasteiger partial charge on any atom is -0.657 e. The Morgan fingerprint density at radius 1 is 1.07 bits per heavy atom. The number of para-hydroxylation sites is 1. The van der Waals surface area contributed by atoms with Gasteiger partial charge in [-0.2, -0.15) is 0 Å². The van der Waals surface area contributed by atoms with E-state index in [9.17, 15) is 0 Å². The van der Waals surface area contributed by atoms with Gasteiger partial charge in [-0.25, -0.2) is 0 Å². The second-order valence-electron chi connectivity index (χ2n) is 2.84. The fourth-order valence-electron chi connectivity index (χ4n) is 1.50. The molecule has 2 heteroatoms. The molecule has 0 saturated heterocycles. The van der Waals surface area contributed by atoms with Crippen LogP contribution in [-0.2, 0) is 0 Å². The Labute approximate surface area is 126 Å². The van der Waals surface area contributed by atoms with Gasteiger partial charge in [-0.15, -0.1) is 17.8 Å². The van der Waals surface area contributed by atoms with Crippen LogP contribution in [0.3, 0.4) is 0 Å². The standard InChI is InChI=1S/C12H10N.K/c1-3-9-10-7-5-6-8-12(10)13-11(9)4-2;/h3-8H,1-2H2;/q-1;+1. The molecule has 0 saturated carbocycles. The predicted octanol–water partition coefficient (Wildman–Crippen LogP) is 0.0870. The average Bonchev–Trinajstić information content (AvgIpc) is 2.55. The first-order valence-corrected chi connectivity index (χ1v) is 4.17. The molecule has 64 valence electrons. The van der Waals surface area contributed by atoms with Crippen LogP contribution in [0.4, 0.5) is 0 Å². The molecule has 0 bridgehead atoms. The number of benzene rings is 1. The van der Waals surface area contributed by atoms with Crippen molar-refractivity contribution in [1.82, 2.24) is 4.98 Å². The topological polar surface area (TPSA) is 14.1 Å². The van der Waals surface area contributed by atoms with Crippen LogP contribution in [0.15, 0.2) is 37.4 Å². The second-order valence-corrected chi connectivity index (χ2v) is 2.84. The first kappa shape index (κ1) is 11.9. The van der Waals surface area contributed by atoms with Gasteiger partial charge in [0.15, 0.2) is 0 Å². The van der Waals surface area contributed by atoms with Gasteiger partial charge < -0.3 is 4.98 Å². The van der Waals surface area contributed by atoms with E-state index < -0.39 is 0 Å². The van der Waals surface area contributed by atoms with Crippen molar-refractivity contribution >= 4 is 23.1 Å². The number of fused-ring (bicyclic) bond motifs is 1. The molecule has 0 spiro atoms. The van der Waals surface area contributed by atoms with E-state index in [0.717, 1.165) is 22.2 Å². The summed E-state index contributed by atoms with van der Waals surface area (Å²) in [7, 11) is 0. The summed E-state index contributed by atoms with van der Waals surface area (Å²) in [5, 5.41) is 1.15. The van der Waals surface area contributed by atoms with Crippen LogP contribution in [0.5, 0.6) is 0 Å². The molecule has 0 fully saturated rings. The molecule has 0 aliphatic heterocycles. The van der Waals surface area contributed by atoms with Gasteiger partial charge in [-0.3, -0.25) is 0 Å². The van der Waals surface area contributed by atoms with Gasteiger partial charge in [-0.1, -0.05) is 43.0 Å². The molecule has 14 heavy (non-hydrogen) atoms. The van der Waals surface area contributed by atoms with Crippen LogP contribution in [-0.4, -0.2) is 0 Å². The molecule has 2 aromatic rings. The SMILES string of the molecule is C=Cc1[n-]c2ccccc2c1C=C.[K+]. The van der Waals surface area contributed by atoms with Gasteiger partial charge in [0.25, 0.3) is 0 Å². The molecule has 0 N–H and O–H groups in total. The number of rotatable bonds is 2. The Morgan fingerprint density at radius 2 is 1.79 bits per heavy atom. The van der Waals surface area contributed by atoms with E-state index in [2.05, 4.69) is 18.1 Å². The van der Waals surface area contributed by atoms with Gasteiger partial charge in [0, 0.05) is 0 Å². The average molecular weight is 207 g/mol. The maximum atomic E-state index is 4.41. The molecule has 1 nitrogen and oxygen atoms in total. The van der Waals surface area contributed by atoms with E-state index in [1.165, 1.54) is 0 Å². The third-order valence-corrected chi connectivity index (χ3v) is 2.11. The number of nitrogens with zero attached hydrogens (tertiary/aromatic N) is 1. The summed E-state index contributed by atoms with van der Waals surface area (Å²) in [6, 6.07) is 8.03. The summed E-state index contributed by atoms with van der Waals surface area (Å²) in [6.07, 6.45) is 3.59. The van der Waals surface area contributed by atoms with Crippen molar-refractivity contribution < 1.29 is 51.4 Å². The van der Waals surface area contributed by atoms with Crippen molar-refractivity contribution in [3.05, 3.63) is 48.7 Å². The zero-order chi connectivity index (χ0) is 9.26. The van der Waals surface area contributed by atoms with Crippen LogP contribution in [0.1, 0.15) is 11.3 Å². The molecule has 0 aliphatic carbocycles. The van der Waals surface area contributed by atoms with Gasteiger partial charge in [-0.05, 0) is 10.9 Å². The van der Waals surface area contributed by atoms with Gasteiger partial charge in [0.2, 0.25) is 0 Å². The van der Waals surface area contributed by atoms with Crippen molar-refractivity contribution in [2.75, 3.05) is 0 Å². The summed E-state index contributed by atoms with van der Waals surface area (Å²) in [6.45, 7) is 7.50. The fraction of sp³-hybridized carbons (Fsp3) is 0. The van der Waals surface area contributed by atoms with E-state index >= 15 is 0 Å². The molecule has 1 aromatic heterocycles. The van der Waals surface area contributed by atoms with Crippen LogP contribution in [0.2, 0.25) is 0 Å². The second kappa shape index (κ2) is 5.10. The Bertz CT molecular complexity index is 468. The molecular formula is C12H10KN. The Hall–Kier alpha value is -0.124. The third-order valence-electron chi connectivity index (χ3n) is 2.11. The number of hydrogen-bond donors (Lipinski definition) is 0. The molecule has 0 aliphatic rings. The van der Waals surface area contributed by atoms with E-state index in [-0.39, 0.29) is 51.4 Å². The van der Waals surface area contributed by atoms with Crippen LogP contribution in [0, 0.1) is 0 Å². The minimum atomic E-state index is 0. The zero-order valence-corrected chi connectivity index (χ0v) is 11.4. The zero-order valence-electron chi connectivity index (χ0n) is 8.33. The normalized spacial score (nSPS) is 9.43. The molecule has 0 amide bonds. The molecular weight excluding hydrogens is 197 g/mol. The summed E-state index contributed by atoms with van der Waals surface area (Å²) in [5.74, 6) is 0. The van der Waals surface area contributed by atoms with Crippen LogP contribution in [0.25, 0.3) is 23.1 Å². The Balaban J connectivity index is 0.000000980. The largest absolute Gasteiger partial charge is 1.00 e. The quantitative estimate of drug-likeness (QED) is 0.637. The van der Waals surface area contributed by atoms with Crippen molar-refractivity contribution in [2.45, 2.75) is 0 Å². The van der Waals surface area contributed by atoms with Gasteiger partial charge in [0.05, 0.1) is 0 Å². The van der Waals surface area contributed by atoms with E-state index in [4.69, 9.17) is 0 Å². The van der Waals surface area contributed by atoms with Gasteiger partial charge in [0.1, 0.15) is 0 Å². The third kappa shape index (κ3) is 1.94. The molecule has 0 unspecified atom stereocenters. The van der Waals surface area contributed by atoms with Crippen molar-refractivity contribution in [2.24, 2.45) is 0 Å². The maximum Gasteiger partial charge on any atom is 1.00 e. The molecule has 2 rings (SSSR count). The predicted molar refractivity (Wildman–Crippen MR) is 57.5 cm³/mol. The molecule has 1 aromatic carbocycles. The smallest absolute Gasteiger partial charge is 0.657 e. The molecule has 0 radical (unpaired) electrons. The minimum absolute atomic E-state index is 0. The maximum absolute atomic E-state index is 4.41. The summed E-state index contributed by atoms with van der Waals surface area (Å²) < 4.78 is 0. The summed E-state index contributed by atoms with van der Waals surface area (Å²) in [4.78, 5) is 4.41. The van der Waals surface area contributed by atoms with E-state index in [1.54, 1.807) is 6.08 Å². The fourth-order valence-corrected chi connectivity index (χ4v) is 1.50. The van der Waals surface area contributed by atoms with Crippen LogP contribution < -0.4 is 56.4 Å². The van der Waals surface area contributed by atoms with E-state index in [1.807, 2.05) is 30.3 Å². The van der Waals surface area contributed by atoms with Crippen molar-refractivity contribution in [3.63, 3.8) is 0 Å². The first-order valence-electron chi connectivity index (χ1n) is 4.17. The van der Waals surface area contributed by atoms with E-state index in [0.29, 0.717) is 0 Å². The Morgan fingerprint density at radius 3 is 2.43 bits per heavy atom. The summed E-state index contributed by atoms with van der Waals surface area (Å²) >= 11 is 0.